The Bertz CT molecular complexity index is 1150. The van der Waals surface area contributed by atoms with Crippen molar-refractivity contribution in [2.24, 2.45) is 9.98 Å². The number of phenolic OH excluding ortho intramolecular Hbond substituents is 1. The lowest BCUT2D eigenvalue weighted by molar-refractivity contribution is 0.390. The molecular formula is C37H56N2O. The van der Waals surface area contributed by atoms with E-state index >= 15 is 0 Å². The molecule has 0 saturated heterocycles. The molecule has 40 heavy (non-hydrogen) atoms. The summed E-state index contributed by atoms with van der Waals surface area (Å²) in [6.07, 6.45) is 8.46. The van der Waals surface area contributed by atoms with E-state index in [0.717, 1.165) is 24.0 Å². The molecule has 0 amide bonds. The van der Waals surface area contributed by atoms with Crippen molar-refractivity contribution < 1.29 is 5.11 Å². The zero-order valence-electron chi connectivity index (χ0n) is 27.8. The summed E-state index contributed by atoms with van der Waals surface area (Å²) in [6, 6.07) is 9.28. The van der Waals surface area contributed by atoms with Crippen LogP contribution in [0.2, 0.25) is 0 Å². The van der Waals surface area contributed by atoms with Gasteiger partial charge in [0.25, 0.3) is 0 Å². The molecule has 2 aromatic carbocycles. The predicted octanol–water partition coefficient (Wildman–Crippen LogP) is 9.74. The Labute approximate surface area is 245 Å². The topological polar surface area (TPSA) is 45.0 Å². The Morgan fingerprint density at radius 3 is 1.43 bits per heavy atom. The van der Waals surface area contributed by atoms with Crippen molar-refractivity contribution in [3.63, 3.8) is 0 Å². The molecule has 220 valence electrons. The molecule has 0 unspecified atom stereocenters. The quantitative estimate of drug-likeness (QED) is 0.383. The Kier molecular flexibility index (Phi) is 9.19. The van der Waals surface area contributed by atoms with E-state index in [2.05, 4.69) is 120 Å². The van der Waals surface area contributed by atoms with Gasteiger partial charge in [0, 0.05) is 23.6 Å². The van der Waals surface area contributed by atoms with Crippen molar-refractivity contribution in [1.29, 1.82) is 0 Å². The largest absolute Gasteiger partial charge is 0.507 e. The minimum Gasteiger partial charge on any atom is -0.507 e. The molecule has 0 heterocycles. The molecule has 1 fully saturated rings. The lowest BCUT2D eigenvalue weighted by atomic mass is 9.77. The molecule has 3 rings (SSSR count). The molecule has 0 aromatic heterocycles. The SMILES string of the molecule is Cc1c(C=N[C@@H]2CCCC[C@H]2N=Cc2cc(C(C)(C)C)cc(C(C)(C)C)c2O)cc(C(C)(C)C)cc1C(C)(C)C. The summed E-state index contributed by atoms with van der Waals surface area (Å²) < 4.78 is 0. The van der Waals surface area contributed by atoms with Gasteiger partial charge in [-0.05, 0) is 81.4 Å². The second kappa shape index (κ2) is 11.5. The minimum atomic E-state index is -0.156. The summed E-state index contributed by atoms with van der Waals surface area (Å²) >= 11 is 0. The van der Waals surface area contributed by atoms with Gasteiger partial charge in [-0.25, -0.2) is 0 Å². The molecule has 1 N–H and O–H groups in total. The van der Waals surface area contributed by atoms with Crippen LogP contribution in [0.15, 0.2) is 34.3 Å². The highest BCUT2D eigenvalue weighted by atomic mass is 16.3. The third-order valence-corrected chi connectivity index (χ3v) is 8.44. The van der Waals surface area contributed by atoms with Crippen molar-refractivity contribution in [2.45, 2.75) is 149 Å². The van der Waals surface area contributed by atoms with Gasteiger partial charge in [-0.1, -0.05) is 108 Å². The van der Waals surface area contributed by atoms with E-state index in [-0.39, 0.29) is 33.7 Å². The van der Waals surface area contributed by atoms with Crippen LogP contribution in [0.3, 0.4) is 0 Å². The number of aromatic hydroxyl groups is 1. The van der Waals surface area contributed by atoms with Crippen LogP contribution < -0.4 is 0 Å². The van der Waals surface area contributed by atoms with Crippen LogP contribution >= 0.6 is 0 Å². The Hall–Kier alpha value is -2.42. The second-order valence-electron chi connectivity index (χ2n) is 16.2. The molecule has 1 saturated carbocycles. The van der Waals surface area contributed by atoms with Gasteiger partial charge in [0.05, 0.1) is 12.1 Å². The molecule has 2 atom stereocenters. The van der Waals surface area contributed by atoms with Crippen LogP contribution in [-0.4, -0.2) is 29.6 Å². The van der Waals surface area contributed by atoms with Gasteiger partial charge in [-0.15, -0.1) is 0 Å². The second-order valence-corrected chi connectivity index (χ2v) is 16.2. The fraction of sp³-hybridized carbons (Fsp3) is 0.622. The fourth-order valence-corrected chi connectivity index (χ4v) is 5.63. The molecule has 0 bridgehead atoms. The fourth-order valence-electron chi connectivity index (χ4n) is 5.63. The number of aliphatic imine (C=N–C) groups is 2. The average molecular weight is 545 g/mol. The summed E-state index contributed by atoms with van der Waals surface area (Å²) in [4.78, 5) is 10.3. The van der Waals surface area contributed by atoms with Crippen LogP contribution in [0, 0.1) is 6.92 Å². The van der Waals surface area contributed by atoms with Crippen LogP contribution in [-0.2, 0) is 21.7 Å². The number of hydrogen-bond donors (Lipinski definition) is 1. The van der Waals surface area contributed by atoms with Crippen LogP contribution in [0.5, 0.6) is 5.75 Å². The number of nitrogens with zero attached hydrogens (tertiary/aromatic N) is 2. The first kappa shape index (κ1) is 32.1. The van der Waals surface area contributed by atoms with Gasteiger partial charge >= 0.3 is 0 Å². The molecule has 0 radical (unpaired) electrons. The molecule has 1 aliphatic rings. The van der Waals surface area contributed by atoms with E-state index < -0.39 is 0 Å². The summed E-state index contributed by atoms with van der Waals surface area (Å²) in [6.45, 7) is 29.1. The maximum Gasteiger partial charge on any atom is 0.128 e. The third-order valence-electron chi connectivity index (χ3n) is 8.44. The van der Waals surface area contributed by atoms with Crippen molar-refractivity contribution in [3.8, 4) is 5.75 Å². The maximum atomic E-state index is 11.3. The first-order chi connectivity index (χ1) is 18.2. The van der Waals surface area contributed by atoms with Gasteiger partial charge in [0.2, 0.25) is 0 Å². The number of benzene rings is 2. The smallest absolute Gasteiger partial charge is 0.128 e. The molecule has 1 aliphatic carbocycles. The van der Waals surface area contributed by atoms with Crippen molar-refractivity contribution >= 4 is 12.4 Å². The third kappa shape index (κ3) is 7.65. The van der Waals surface area contributed by atoms with Crippen molar-refractivity contribution in [2.75, 3.05) is 0 Å². The lowest BCUT2D eigenvalue weighted by Gasteiger charge is -2.29. The molecule has 3 nitrogen and oxygen atoms in total. The average Bonchev–Trinajstić information content (AvgIpc) is 2.80. The van der Waals surface area contributed by atoms with E-state index in [1.54, 1.807) is 0 Å². The summed E-state index contributed by atoms with van der Waals surface area (Å²) in [5.41, 5.74) is 8.27. The van der Waals surface area contributed by atoms with E-state index in [4.69, 9.17) is 9.98 Å². The van der Waals surface area contributed by atoms with Crippen LogP contribution in [0.25, 0.3) is 0 Å². The number of rotatable bonds is 4. The Balaban J connectivity index is 2.00. The number of phenols is 1. The monoisotopic (exact) mass is 544 g/mol. The van der Waals surface area contributed by atoms with Crippen molar-refractivity contribution in [3.05, 3.63) is 63.2 Å². The molecule has 3 heteroatoms. The summed E-state index contributed by atoms with van der Waals surface area (Å²) in [5, 5.41) is 11.3. The van der Waals surface area contributed by atoms with E-state index in [9.17, 15) is 5.11 Å². The molecular weight excluding hydrogens is 488 g/mol. The zero-order chi connectivity index (χ0) is 30.3. The molecule has 0 spiro atoms. The normalized spacial score (nSPS) is 19.6. The van der Waals surface area contributed by atoms with E-state index in [1.807, 2.05) is 6.21 Å². The highest BCUT2D eigenvalue weighted by Crippen LogP contribution is 2.38. The standard InChI is InChI=1S/C37H56N2O/c1-24-25(18-27(34(2,3)4)20-29(24)36(8,9)10)22-38-31-16-14-15-17-32(31)39-23-26-19-28(35(5,6)7)21-30(33(26)40)37(11,12)13/h18-23,31-32,40H,14-17H2,1-13H3/t31-,32-/m1/s1. The van der Waals surface area contributed by atoms with Crippen molar-refractivity contribution in [1.82, 2.24) is 0 Å². The predicted molar refractivity (Wildman–Crippen MR) is 175 cm³/mol. The Morgan fingerprint density at radius 1 is 0.600 bits per heavy atom. The Morgan fingerprint density at radius 2 is 1.00 bits per heavy atom. The number of hydrogen-bond acceptors (Lipinski definition) is 3. The van der Waals surface area contributed by atoms with Gasteiger partial charge in [-0.3, -0.25) is 9.98 Å². The molecule has 2 aromatic rings. The first-order valence-electron chi connectivity index (χ1n) is 15.3. The zero-order valence-corrected chi connectivity index (χ0v) is 27.8. The highest BCUT2D eigenvalue weighted by Gasteiger charge is 2.27. The van der Waals surface area contributed by atoms with Gasteiger partial charge in [0.1, 0.15) is 5.75 Å². The van der Waals surface area contributed by atoms with Gasteiger partial charge in [0.15, 0.2) is 0 Å². The highest BCUT2D eigenvalue weighted by molar-refractivity contribution is 5.85. The molecule has 0 aliphatic heterocycles. The van der Waals surface area contributed by atoms with Crippen LogP contribution in [0.4, 0.5) is 0 Å². The first-order valence-corrected chi connectivity index (χ1v) is 15.3. The van der Waals surface area contributed by atoms with Gasteiger partial charge in [-0.2, -0.15) is 0 Å². The van der Waals surface area contributed by atoms with E-state index in [1.165, 1.54) is 40.7 Å². The summed E-state index contributed by atoms with van der Waals surface area (Å²) in [7, 11) is 0. The van der Waals surface area contributed by atoms with E-state index in [0.29, 0.717) is 5.75 Å². The van der Waals surface area contributed by atoms with Crippen LogP contribution in [0.1, 0.15) is 148 Å². The maximum absolute atomic E-state index is 11.3. The van der Waals surface area contributed by atoms with Gasteiger partial charge < -0.3 is 5.11 Å². The lowest BCUT2D eigenvalue weighted by Crippen LogP contribution is -2.27. The summed E-state index contributed by atoms with van der Waals surface area (Å²) in [5.74, 6) is 0.351. The minimum absolute atomic E-state index is 0.0146.